The third kappa shape index (κ3) is 2.76. The zero-order valence-corrected chi connectivity index (χ0v) is 9.46. The number of ether oxygens (including phenoxy) is 1. The standard InChI is InChI=1S/C13H11NO4/c14-13(16)9-3-5-10(6-4-9)18-8-11(15)12-2-1-7-17-12/h1-7H,8H2,(H2,14,16). The zero-order valence-electron chi connectivity index (χ0n) is 9.46. The molecule has 2 aromatic rings. The summed E-state index contributed by atoms with van der Waals surface area (Å²) in [7, 11) is 0. The molecule has 0 radical (unpaired) electrons. The van der Waals surface area contributed by atoms with Crippen molar-refractivity contribution in [1.29, 1.82) is 0 Å². The Morgan fingerprint density at radius 2 is 1.89 bits per heavy atom. The van der Waals surface area contributed by atoms with E-state index >= 15 is 0 Å². The summed E-state index contributed by atoms with van der Waals surface area (Å²) in [4.78, 5) is 22.4. The number of nitrogens with two attached hydrogens (primary N) is 1. The Morgan fingerprint density at radius 3 is 2.44 bits per heavy atom. The van der Waals surface area contributed by atoms with Crippen molar-refractivity contribution >= 4 is 11.7 Å². The van der Waals surface area contributed by atoms with Gasteiger partial charge in [-0.05, 0) is 36.4 Å². The first-order valence-electron chi connectivity index (χ1n) is 5.26. The normalized spacial score (nSPS) is 10.0. The minimum Gasteiger partial charge on any atom is -0.485 e. The molecule has 2 rings (SSSR count). The van der Waals surface area contributed by atoms with Crippen LogP contribution in [0.2, 0.25) is 0 Å². The van der Waals surface area contributed by atoms with Crippen LogP contribution < -0.4 is 10.5 Å². The first-order chi connectivity index (χ1) is 8.66. The smallest absolute Gasteiger partial charge is 0.248 e. The summed E-state index contributed by atoms with van der Waals surface area (Å²) in [5.74, 6) is -0.0177. The predicted molar refractivity (Wildman–Crippen MR) is 63.5 cm³/mol. The Hall–Kier alpha value is -2.56. The van der Waals surface area contributed by atoms with E-state index in [9.17, 15) is 9.59 Å². The number of benzene rings is 1. The highest BCUT2D eigenvalue weighted by atomic mass is 16.5. The maximum absolute atomic E-state index is 11.6. The molecule has 0 aliphatic rings. The molecule has 1 heterocycles. The average molecular weight is 245 g/mol. The van der Waals surface area contributed by atoms with Gasteiger partial charge in [-0.25, -0.2) is 0 Å². The van der Waals surface area contributed by atoms with Crippen LogP contribution in [0.3, 0.4) is 0 Å². The quantitative estimate of drug-likeness (QED) is 0.812. The lowest BCUT2D eigenvalue weighted by Crippen LogP contribution is -2.12. The monoisotopic (exact) mass is 245 g/mol. The summed E-state index contributed by atoms with van der Waals surface area (Å²) >= 11 is 0. The highest BCUT2D eigenvalue weighted by Crippen LogP contribution is 2.12. The van der Waals surface area contributed by atoms with Crippen LogP contribution in [-0.4, -0.2) is 18.3 Å². The summed E-state index contributed by atoms with van der Waals surface area (Å²) in [6.45, 7) is -0.122. The van der Waals surface area contributed by atoms with Crippen molar-refractivity contribution in [2.75, 3.05) is 6.61 Å². The second-order valence-electron chi connectivity index (χ2n) is 3.58. The van der Waals surface area contributed by atoms with Crippen LogP contribution in [0.15, 0.2) is 47.1 Å². The van der Waals surface area contributed by atoms with Gasteiger partial charge in [0.25, 0.3) is 0 Å². The minimum absolute atomic E-state index is 0.122. The van der Waals surface area contributed by atoms with E-state index in [2.05, 4.69) is 0 Å². The number of amides is 1. The Kier molecular flexibility index (Phi) is 3.43. The maximum atomic E-state index is 11.6. The Morgan fingerprint density at radius 1 is 1.17 bits per heavy atom. The van der Waals surface area contributed by atoms with Crippen LogP contribution in [0, 0.1) is 0 Å². The zero-order chi connectivity index (χ0) is 13.0. The summed E-state index contributed by atoms with van der Waals surface area (Å²) in [5.41, 5.74) is 5.49. The van der Waals surface area contributed by atoms with Gasteiger partial charge in [-0.15, -0.1) is 0 Å². The number of rotatable bonds is 5. The number of carbonyl (C=O) groups excluding carboxylic acids is 2. The molecule has 92 valence electrons. The second kappa shape index (κ2) is 5.18. The van der Waals surface area contributed by atoms with Crippen molar-refractivity contribution in [3.8, 4) is 5.75 Å². The van der Waals surface area contributed by atoms with Gasteiger partial charge in [0, 0.05) is 5.56 Å². The van der Waals surface area contributed by atoms with Gasteiger partial charge in [0.05, 0.1) is 6.26 Å². The van der Waals surface area contributed by atoms with Gasteiger partial charge in [0.1, 0.15) is 5.75 Å². The van der Waals surface area contributed by atoms with Crippen molar-refractivity contribution < 1.29 is 18.7 Å². The molecule has 0 saturated carbocycles. The van der Waals surface area contributed by atoms with E-state index in [1.165, 1.54) is 18.4 Å². The van der Waals surface area contributed by atoms with Crippen molar-refractivity contribution in [2.45, 2.75) is 0 Å². The van der Waals surface area contributed by atoms with Gasteiger partial charge in [0.2, 0.25) is 11.7 Å². The second-order valence-corrected chi connectivity index (χ2v) is 3.58. The summed E-state index contributed by atoms with van der Waals surface area (Å²) in [5, 5.41) is 0. The number of Topliss-reactive ketones (excluding diaryl/α,β-unsaturated/α-hetero) is 1. The Labute approximate surface area is 103 Å². The number of ketones is 1. The third-order valence-electron chi connectivity index (χ3n) is 2.30. The number of carbonyl (C=O) groups is 2. The molecule has 1 aromatic heterocycles. The molecule has 18 heavy (non-hydrogen) atoms. The van der Waals surface area contributed by atoms with Crippen LogP contribution >= 0.6 is 0 Å². The van der Waals surface area contributed by atoms with Crippen LogP contribution in [0.4, 0.5) is 0 Å². The number of hydrogen-bond acceptors (Lipinski definition) is 4. The highest BCUT2D eigenvalue weighted by Gasteiger charge is 2.09. The number of furan rings is 1. The number of hydrogen-bond donors (Lipinski definition) is 1. The Bertz CT molecular complexity index is 543. The fourth-order valence-electron chi connectivity index (χ4n) is 1.37. The average Bonchev–Trinajstić information content (AvgIpc) is 2.90. The highest BCUT2D eigenvalue weighted by molar-refractivity contribution is 5.94. The number of primary amides is 1. The molecule has 1 aromatic carbocycles. The van der Waals surface area contributed by atoms with E-state index in [1.807, 2.05) is 0 Å². The lowest BCUT2D eigenvalue weighted by molar-refractivity contribution is 0.0893. The van der Waals surface area contributed by atoms with Crippen molar-refractivity contribution in [3.63, 3.8) is 0 Å². The fourth-order valence-corrected chi connectivity index (χ4v) is 1.37. The van der Waals surface area contributed by atoms with Crippen LogP contribution in [0.5, 0.6) is 5.75 Å². The maximum Gasteiger partial charge on any atom is 0.248 e. The molecular weight excluding hydrogens is 234 g/mol. The molecule has 0 unspecified atom stereocenters. The van der Waals surface area contributed by atoms with Crippen molar-refractivity contribution in [2.24, 2.45) is 5.73 Å². The summed E-state index contributed by atoms with van der Waals surface area (Å²) in [6, 6.07) is 9.44. The molecule has 0 fully saturated rings. The van der Waals surface area contributed by atoms with Gasteiger partial charge < -0.3 is 14.9 Å². The third-order valence-corrected chi connectivity index (χ3v) is 2.30. The first kappa shape index (κ1) is 11.9. The molecule has 1 amide bonds. The summed E-state index contributed by atoms with van der Waals surface area (Å²) in [6.07, 6.45) is 1.43. The van der Waals surface area contributed by atoms with E-state index in [0.717, 1.165) is 0 Å². The van der Waals surface area contributed by atoms with E-state index in [4.69, 9.17) is 14.9 Å². The molecular formula is C13H11NO4. The van der Waals surface area contributed by atoms with Gasteiger partial charge >= 0.3 is 0 Å². The molecule has 0 aliphatic carbocycles. The first-order valence-corrected chi connectivity index (χ1v) is 5.26. The summed E-state index contributed by atoms with van der Waals surface area (Å²) < 4.78 is 10.2. The SMILES string of the molecule is NC(=O)c1ccc(OCC(=O)c2ccco2)cc1. The van der Waals surface area contributed by atoms with Gasteiger partial charge in [-0.1, -0.05) is 0 Å². The van der Waals surface area contributed by atoms with Crippen molar-refractivity contribution in [1.82, 2.24) is 0 Å². The fraction of sp³-hybridized carbons (Fsp3) is 0.0769. The molecule has 0 bridgehead atoms. The lowest BCUT2D eigenvalue weighted by atomic mass is 10.2. The predicted octanol–water partition coefficient (Wildman–Crippen LogP) is 1.64. The van der Waals surface area contributed by atoms with E-state index in [-0.39, 0.29) is 18.2 Å². The molecule has 0 atom stereocenters. The minimum atomic E-state index is -0.506. The van der Waals surface area contributed by atoms with Gasteiger partial charge in [-0.2, -0.15) is 0 Å². The molecule has 5 heteroatoms. The molecule has 0 saturated heterocycles. The topological polar surface area (TPSA) is 82.5 Å². The van der Waals surface area contributed by atoms with E-state index < -0.39 is 5.91 Å². The molecule has 2 N–H and O–H groups in total. The van der Waals surface area contributed by atoms with Gasteiger partial charge in [-0.3, -0.25) is 9.59 Å². The lowest BCUT2D eigenvalue weighted by Gasteiger charge is -2.04. The Balaban J connectivity index is 1.94. The van der Waals surface area contributed by atoms with Gasteiger partial charge in [0.15, 0.2) is 12.4 Å². The van der Waals surface area contributed by atoms with E-state index in [0.29, 0.717) is 11.3 Å². The van der Waals surface area contributed by atoms with Crippen LogP contribution in [0.1, 0.15) is 20.9 Å². The van der Waals surface area contributed by atoms with Crippen LogP contribution in [0.25, 0.3) is 0 Å². The molecule has 0 spiro atoms. The van der Waals surface area contributed by atoms with E-state index in [1.54, 1.807) is 24.3 Å². The molecule has 0 aliphatic heterocycles. The largest absolute Gasteiger partial charge is 0.485 e. The van der Waals surface area contributed by atoms with Crippen molar-refractivity contribution in [3.05, 3.63) is 54.0 Å². The molecule has 5 nitrogen and oxygen atoms in total. The van der Waals surface area contributed by atoms with Crippen LogP contribution in [-0.2, 0) is 0 Å².